The second kappa shape index (κ2) is 9.13. The van der Waals surface area contributed by atoms with Gasteiger partial charge in [0, 0.05) is 23.6 Å². The van der Waals surface area contributed by atoms with Gasteiger partial charge in [-0.15, -0.1) is 0 Å². The molecule has 1 atom stereocenters. The minimum Gasteiger partial charge on any atom is -0.496 e. The Balaban J connectivity index is 1.83. The Hall–Kier alpha value is -3.12. The van der Waals surface area contributed by atoms with Crippen LogP contribution in [0.25, 0.3) is 10.9 Å². The zero-order chi connectivity index (χ0) is 21.8. The van der Waals surface area contributed by atoms with E-state index in [0.717, 1.165) is 33.3 Å². The van der Waals surface area contributed by atoms with E-state index in [0.29, 0.717) is 6.54 Å². The maximum atomic E-state index is 12.8. The van der Waals surface area contributed by atoms with Crippen molar-refractivity contribution in [2.24, 2.45) is 0 Å². The molecule has 158 valence electrons. The second-order valence-corrected chi connectivity index (χ2v) is 7.75. The molecule has 0 saturated carbocycles. The summed E-state index contributed by atoms with van der Waals surface area (Å²) in [4.78, 5) is 27.5. The summed E-state index contributed by atoms with van der Waals surface area (Å²) in [7, 11) is 5.57. The van der Waals surface area contributed by atoms with Crippen molar-refractivity contribution in [3.8, 4) is 5.75 Å². The Labute approximate surface area is 177 Å². The predicted octanol–water partition coefficient (Wildman–Crippen LogP) is 3.05. The SMILES string of the molecule is COc1ccccc1C(CNC(=O)Cn1c(=O)cc(C)c2cccc(C)c21)N(C)C. The molecule has 1 aromatic heterocycles. The maximum Gasteiger partial charge on any atom is 0.251 e. The zero-order valence-electron chi connectivity index (χ0n) is 18.2. The topological polar surface area (TPSA) is 63.6 Å². The number of nitrogens with zero attached hydrogens (tertiary/aromatic N) is 2. The lowest BCUT2D eigenvalue weighted by molar-refractivity contribution is -0.121. The normalized spacial score (nSPS) is 12.2. The summed E-state index contributed by atoms with van der Waals surface area (Å²) in [6.07, 6.45) is 0. The van der Waals surface area contributed by atoms with E-state index in [1.807, 2.05) is 75.3 Å². The summed E-state index contributed by atoms with van der Waals surface area (Å²) in [5.41, 5.74) is 3.53. The number of para-hydroxylation sites is 2. The molecular weight excluding hydrogens is 378 g/mol. The molecule has 0 aliphatic heterocycles. The van der Waals surface area contributed by atoms with Crippen LogP contribution < -0.4 is 15.6 Å². The maximum absolute atomic E-state index is 12.8. The van der Waals surface area contributed by atoms with Gasteiger partial charge in [0.1, 0.15) is 12.3 Å². The number of methoxy groups -OCH3 is 1. The summed E-state index contributed by atoms with van der Waals surface area (Å²) in [6.45, 7) is 4.26. The monoisotopic (exact) mass is 407 g/mol. The molecule has 1 N–H and O–H groups in total. The molecule has 0 bridgehead atoms. The lowest BCUT2D eigenvalue weighted by Crippen LogP contribution is -2.38. The van der Waals surface area contributed by atoms with E-state index in [1.54, 1.807) is 17.7 Å². The van der Waals surface area contributed by atoms with Gasteiger partial charge in [-0.05, 0) is 45.1 Å². The molecule has 6 heteroatoms. The first-order valence-electron chi connectivity index (χ1n) is 9.99. The Bertz CT molecular complexity index is 1120. The van der Waals surface area contributed by atoms with Gasteiger partial charge >= 0.3 is 0 Å². The van der Waals surface area contributed by atoms with Crippen molar-refractivity contribution in [3.05, 3.63) is 75.6 Å². The number of rotatable bonds is 7. The van der Waals surface area contributed by atoms with E-state index < -0.39 is 0 Å². The number of carbonyl (C=O) groups is 1. The van der Waals surface area contributed by atoms with Crippen LogP contribution in [0, 0.1) is 13.8 Å². The highest BCUT2D eigenvalue weighted by molar-refractivity contribution is 5.87. The van der Waals surface area contributed by atoms with Gasteiger partial charge in [-0.3, -0.25) is 14.2 Å². The van der Waals surface area contributed by atoms with Crippen molar-refractivity contribution in [1.82, 2.24) is 14.8 Å². The van der Waals surface area contributed by atoms with E-state index in [1.165, 1.54) is 0 Å². The largest absolute Gasteiger partial charge is 0.496 e. The average Bonchev–Trinajstić information content (AvgIpc) is 2.71. The van der Waals surface area contributed by atoms with Gasteiger partial charge in [0.25, 0.3) is 5.56 Å². The number of aromatic nitrogens is 1. The number of hydrogen-bond donors (Lipinski definition) is 1. The molecule has 3 rings (SSSR count). The van der Waals surface area contributed by atoms with Crippen molar-refractivity contribution >= 4 is 16.8 Å². The molecule has 0 aliphatic carbocycles. The van der Waals surface area contributed by atoms with Crippen molar-refractivity contribution in [3.63, 3.8) is 0 Å². The van der Waals surface area contributed by atoms with Gasteiger partial charge in [0.05, 0.1) is 18.7 Å². The number of nitrogens with one attached hydrogen (secondary N) is 1. The van der Waals surface area contributed by atoms with E-state index in [2.05, 4.69) is 5.32 Å². The first kappa shape index (κ1) is 21.6. The van der Waals surface area contributed by atoms with Crippen molar-refractivity contribution in [2.75, 3.05) is 27.7 Å². The van der Waals surface area contributed by atoms with Crippen LogP contribution in [0.5, 0.6) is 5.75 Å². The summed E-state index contributed by atoms with van der Waals surface area (Å²) in [6, 6.07) is 15.2. The first-order valence-corrected chi connectivity index (χ1v) is 9.99. The van der Waals surface area contributed by atoms with Crippen LogP contribution >= 0.6 is 0 Å². The van der Waals surface area contributed by atoms with E-state index in [9.17, 15) is 9.59 Å². The van der Waals surface area contributed by atoms with Crippen molar-refractivity contribution in [1.29, 1.82) is 0 Å². The Kier molecular flexibility index (Phi) is 6.57. The fourth-order valence-corrected chi connectivity index (χ4v) is 3.87. The van der Waals surface area contributed by atoms with Crippen LogP contribution in [-0.2, 0) is 11.3 Å². The van der Waals surface area contributed by atoms with Crippen LogP contribution in [0.1, 0.15) is 22.7 Å². The predicted molar refractivity (Wildman–Crippen MR) is 120 cm³/mol. The number of fused-ring (bicyclic) bond motifs is 1. The summed E-state index contributed by atoms with van der Waals surface area (Å²) < 4.78 is 7.04. The van der Waals surface area contributed by atoms with Crippen molar-refractivity contribution in [2.45, 2.75) is 26.4 Å². The third kappa shape index (κ3) is 4.39. The summed E-state index contributed by atoms with van der Waals surface area (Å²) >= 11 is 0. The highest BCUT2D eigenvalue weighted by Crippen LogP contribution is 2.27. The number of aryl methyl sites for hydroxylation is 2. The lowest BCUT2D eigenvalue weighted by atomic mass is 10.0. The van der Waals surface area contributed by atoms with Crippen LogP contribution in [0.4, 0.5) is 0 Å². The quantitative estimate of drug-likeness (QED) is 0.654. The Morgan fingerprint density at radius 3 is 2.53 bits per heavy atom. The van der Waals surface area contributed by atoms with Crippen LogP contribution in [-0.4, -0.2) is 43.1 Å². The minimum absolute atomic E-state index is 0.0213. The van der Waals surface area contributed by atoms with Gasteiger partial charge in [0.2, 0.25) is 5.91 Å². The number of likely N-dealkylation sites (N-methyl/N-ethyl adjacent to an activating group) is 1. The molecule has 6 nitrogen and oxygen atoms in total. The fourth-order valence-electron chi connectivity index (χ4n) is 3.87. The molecule has 0 spiro atoms. The van der Waals surface area contributed by atoms with Crippen LogP contribution in [0.15, 0.2) is 53.3 Å². The van der Waals surface area contributed by atoms with E-state index in [4.69, 9.17) is 4.74 Å². The number of benzene rings is 2. The molecule has 1 unspecified atom stereocenters. The number of pyridine rings is 1. The molecule has 0 radical (unpaired) electrons. The van der Waals surface area contributed by atoms with Crippen LogP contribution in [0.2, 0.25) is 0 Å². The van der Waals surface area contributed by atoms with Gasteiger partial charge in [-0.2, -0.15) is 0 Å². The number of ether oxygens (including phenoxy) is 1. The van der Waals surface area contributed by atoms with Gasteiger partial charge in [-0.25, -0.2) is 0 Å². The van der Waals surface area contributed by atoms with Gasteiger partial charge in [-0.1, -0.05) is 36.4 Å². The molecule has 0 saturated heterocycles. The minimum atomic E-state index is -0.202. The molecular formula is C24H29N3O3. The molecule has 0 fully saturated rings. The Morgan fingerprint density at radius 1 is 1.10 bits per heavy atom. The standard InChI is InChI=1S/C24H29N3O3/c1-16-9-8-11-18-17(2)13-23(29)27(24(16)18)15-22(28)25-14-20(26(3)4)19-10-6-7-12-21(19)30-5/h6-13,20H,14-15H2,1-5H3,(H,25,28). The zero-order valence-corrected chi connectivity index (χ0v) is 18.2. The number of hydrogen-bond acceptors (Lipinski definition) is 4. The molecule has 1 heterocycles. The Morgan fingerprint density at radius 2 is 1.83 bits per heavy atom. The van der Waals surface area contributed by atoms with Gasteiger partial charge < -0.3 is 15.0 Å². The summed E-state index contributed by atoms with van der Waals surface area (Å²) in [5.74, 6) is 0.578. The molecule has 0 aliphatic rings. The van der Waals surface area contributed by atoms with E-state index in [-0.39, 0.29) is 24.1 Å². The lowest BCUT2D eigenvalue weighted by Gasteiger charge is -2.26. The third-order valence-corrected chi connectivity index (χ3v) is 5.45. The molecule has 3 aromatic rings. The molecule has 1 amide bonds. The molecule has 2 aromatic carbocycles. The smallest absolute Gasteiger partial charge is 0.251 e. The third-order valence-electron chi connectivity index (χ3n) is 5.45. The van der Waals surface area contributed by atoms with Gasteiger partial charge in [0.15, 0.2) is 0 Å². The first-order chi connectivity index (χ1) is 14.3. The molecule has 30 heavy (non-hydrogen) atoms. The van der Waals surface area contributed by atoms with Crippen LogP contribution in [0.3, 0.4) is 0 Å². The highest BCUT2D eigenvalue weighted by atomic mass is 16.5. The second-order valence-electron chi connectivity index (χ2n) is 7.75. The summed E-state index contributed by atoms with van der Waals surface area (Å²) in [5, 5.41) is 3.98. The fraction of sp³-hybridized carbons (Fsp3) is 0.333. The average molecular weight is 408 g/mol. The number of amides is 1. The number of carbonyl (C=O) groups excluding carboxylic acids is 1. The van der Waals surface area contributed by atoms with Crippen molar-refractivity contribution < 1.29 is 9.53 Å². The van der Waals surface area contributed by atoms with E-state index >= 15 is 0 Å². The highest BCUT2D eigenvalue weighted by Gasteiger charge is 2.19.